The molecule has 0 amide bonds. The summed E-state index contributed by atoms with van der Waals surface area (Å²) in [5.41, 5.74) is 0. The minimum absolute atomic E-state index is 0.0712. The molecule has 1 heterocycles. The van der Waals surface area contributed by atoms with Gasteiger partial charge in [0.1, 0.15) is 0 Å². The van der Waals surface area contributed by atoms with E-state index in [-0.39, 0.29) is 6.10 Å². The van der Waals surface area contributed by atoms with Crippen molar-refractivity contribution >= 4 is 0 Å². The first kappa shape index (κ1) is 10.0. The lowest BCUT2D eigenvalue weighted by Crippen LogP contribution is -2.44. The minimum Gasteiger partial charge on any atom is -0.392 e. The summed E-state index contributed by atoms with van der Waals surface area (Å²) in [6, 6.07) is 0.681. The Labute approximate surface area is 75.6 Å². The third-order valence-corrected chi connectivity index (χ3v) is 2.79. The Balaban J connectivity index is 2.28. The van der Waals surface area contributed by atoms with Crippen LogP contribution in [0.25, 0.3) is 0 Å². The number of hydrogen-bond donors (Lipinski definition) is 1. The topological polar surface area (TPSA) is 23.5 Å². The lowest BCUT2D eigenvalue weighted by molar-refractivity contribution is 0.0404. The Kier molecular flexibility index (Phi) is 4.02. The number of aliphatic hydroxyl groups excluding tert-OH is 1. The van der Waals surface area contributed by atoms with E-state index in [1.54, 1.807) is 0 Å². The van der Waals surface area contributed by atoms with Gasteiger partial charge in [0.15, 0.2) is 0 Å². The number of piperidine rings is 1. The number of nitrogens with zero attached hydrogens (tertiary/aromatic N) is 1. The van der Waals surface area contributed by atoms with Crippen molar-refractivity contribution in [2.45, 2.75) is 51.7 Å². The first-order chi connectivity index (χ1) is 5.74. The lowest BCUT2D eigenvalue weighted by Gasteiger charge is -2.35. The van der Waals surface area contributed by atoms with Crippen molar-refractivity contribution < 1.29 is 5.11 Å². The van der Waals surface area contributed by atoms with E-state index >= 15 is 0 Å². The molecule has 1 saturated heterocycles. The van der Waals surface area contributed by atoms with Crippen LogP contribution in [0.2, 0.25) is 0 Å². The maximum atomic E-state index is 9.46. The van der Waals surface area contributed by atoms with Gasteiger partial charge in [0, 0.05) is 12.6 Å². The zero-order valence-corrected chi connectivity index (χ0v) is 8.29. The molecule has 0 radical (unpaired) electrons. The summed E-state index contributed by atoms with van der Waals surface area (Å²) in [6.07, 6.45) is 4.59. The number of likely N-dealkylation sites (tertiary alicyclic amines) is 1. The zero-order valence-electron chi connectivity index (χ0n) is 8.29. The van der Waals surface area contributed by atoms with Gasteiger partial charge < -0.3 is 5.11 Å². The van der Waals surface area contributed by atoms with E-state index in [0.717, 1.165) is 25.9 Å². The predicted molar refractivity (Wildman–Crippen MR) is 51.2 cm³/mol. The third kappa shape index (κ3) is 2.76. The van der Waals surface area contributed by atoms with Crippen molar-refractivity contribution in [2.75, 3.05) is 13.1 Å². The van der Waals surface area contributed by atoms with Crippen LogP contribution in [0, 0.1) is 0 Å². The molecule has 1 aliphatic rings. The number of rotatable bonds is 3. The third-order valence-electron chi connectivity index (χ3n) is 2.79. The number of β-amino-alcohol motifs (C(OH)–C–C–N with tert-alkyl or cyclic N) is 1. The molecule has 1 rings (SSSR count). The molecule has 72 valence electrons. The maximum Gasteiger partial charge on any atom is 0.0667 e. The van der Waals surface area contributed by atoms with Gasteiger partial charge in [-0.1, -0.05) is 13.3 Å². The molecule has 0 aliphatic carbocycles. The Hall–Kier alpha value is -0.0800. The van der Waals surface area contributed by atoms with Crippen molar-refractivity contribution in [3.05, 3.63) is 0 Å². The van der Waals surface area contributed by atoms with Crippen LogP contribution >= 0.6 is 0 Å². The van der Waals surface area contributed by atoms with E-state index in [1.807, 2.05) is 0 Å². The van der Waals surface area contributed by atoms with E-state index < -0.39 is 0 Å². The second kappa shape index (κ2) is 4.83. The fourth-order valence-electron chi connectivity index (χ4n) is 1.83. The van der Waals surface area contributed by atoms with Gasteiger partial charge in [0.2, 0.25) is 0 Å². The second-order valence-electron chi connectivity index (χ2n) is 3.93. The van der Waals surface area contributed by atoms with Crippen molar-refractivity contribution in [2.24, 2.45) is 0 Å². The highest BCUT2D eigenvalue weighted by atomic mass is 16.3. The predicted octanol–water partition coefficient (Wildman–Crippen LogP) is 1.63. The highest BCUT2D eigenvalue weighted by Gasteiger charge is 2.22. The van der Waals surface area contributed by atoms with E-state index in [4.69, 9.17) is 0 Å². The largest absolute Gasteiger partial charge is 0.392 e. The van der Waals surface area contributed by atoms with E-state index in [1.165, 1.54) is 12.8 Å². The zero-order chi connectivity index (χ0) is 8.97. The molecule has 0 aromatic rings. The van der Waals surface area contributed by atoms with Gasteiger partial charge in [0.25, 0.3) is 0 Å². The van der Waals surface area contributed by atoms with Crippen LogP contribution in [0.5, 0.6) is 0 Å². The van der Waals surface area contributed by atoms with Gasteiger partial charge in [-0.2, -0.15) is 0 Å². The van der Waals surface area contributed by atoms with Crippen LogP contribution in [0.1, 0.15) is 39.5 Å². The molecule has 12 heavy (non-hydrogen) atoms. The molecule has 0 aromatic carbocycles. The van der Waals surface area contributed by atoms with Crippen LogP contribution in [0.15, 0.2) is 0 Å². The van der Waals surface area contributed by atoms with Crippen molar-refractivity contribution in [3.63, 3.8) is 0 Å². The molecule has 0 spiro atoms. The molecule has 2 nitrogen and oxygen atoms in total. The first-order valence-electron chi connectivity index (χ1n) is 5.16. The fraction of sp³-hybridized carbons (Fsp3) is 1.00. The monoisotopic (exact) mass is 171 g/mol. The number of aliphatic hydroxyl groups is 1. The van der Waals surface area contributed by atoms with E-state index in [2.05, 4.69) is 18.7 Å². The second-order valence-corrected chi connectivity index (χ2v) is 3.93. The Bertz CT molecular complexity index is 127. The van der Waals surface area contributed by atoms with Gasteiger partial charge in [0.05, 0.1) is 6.10 Å². The van der Waals surface area contributed by atoms with Crippen molar-refractivity contribution in [1.82, 2.24) is 4.90 Å². The summed E-state index contributed by atoms with van der Waals surface area (Å²) >= 11 is 0. The average Bonchev–Trinajstić information content (AvgIpc) is 2.07. The standard InChI is InChI=1S/C10H21NO/c1-3-4-7-11-8-10(12)6-5-9(11)2/h9-10,12H,3-8H2,1-2H3/t9-,10-/m0/s1. The van der Waals surface area contributed by atoms with Crippen molar-refractivity contribution in [3.8, 4) is 0 Å². The van der Waals surface area contributed by atoms with Crippen LogP contribution in [-0.4, -0.2) is 35.2 Å². The highest BCUT2D eigenvalue weighted by molar-refractivity contribution is 4.77. The molecule has 0 bridgehead atoms. The Morgan fingerprint density at radius 3 is 2.83 bits per heavy atom. The molecule has 1 N–H and O–H groups in total. The summed E-state index contributed by atoms with van der Waals surface area (Å²) < 4.78 is 0. The molecule has 2 heteroatoms. The molecule has 1 aliphatic heterocycles. The average molecular weight is 171 g/mol. The highest BCUT2D eigenvalue weighted by Crippen LogP contribution is 2.17. The van der Waals surface area contributed by atoms with Gasteiger partial charge in [-0.05, 0) is 32.7 Å². The molecule has 2 atom stereocenters. The normalized spacial score (nSPS) is 32.2. The fourth-order valence-corrected chi connectivity index (χ4v) is 1.83. The van der Waals surface area contributed by atoms with Gasteiger partial charge in [-0.15, -0.1) is 0 Å². The van der Waals surface area contributed by atoms with Crippen molar-refractivity contribution in [1.29, 1.82) is 0 Å². The lowest BCUT2D eigenvalue weighted by atomic mass is 10.0. The van der Waals surface area contributed by atoms with E-state index in [9.17, 15) is 5.11 Å². The Morgan fingerprint density at radius 1 is 1.42 bits per heavy atom. The summed E-state index contributed by atoms with van der Waals surface area (Å²) in [7, 11) is 0. The van der Waals surface area contributed by atoms with Crippen LogP contribution in [0.4, 0.5) is 0 Å². The molecular formula is C10H21NO. The summed E-state index contributed by atoms with van der Waals surface area (Å²) in [5.74, 6) is 0. The molecule has 0 aromatic heterocycles. The van der Waals surface area contributed by atoms with Crippen LogP contribution in [-0.2, 0) is 0 Å². The van der Waals surface area contributed by atoms with Crippen LogP contribution in [0.3, 0.4) is 0 Å². The smallest absolute Gasteiger partial charge is 0.0667 e. The SMILES string of the molecule is CCCCN1C[C@@H](O)CC[C@@H]1C. The summed E-state index contributed by atoms with van der Waals surface area (Å²) in [5, 5.41) is 9.46. The number of unbranched alkanes of at least 4 members (excludes halogenated alkanes) is 1. The Morgan fingerprint density at radius 2 is 2.17 bits per heavy atom. The molecular weight excluding hydrogens is 150 g/mol. The minimum atomic E-state index is -0.0712. The first-order valence-corrected chi connectivity index (χ1v) is 5.16. The maximum absolute atomic E-state index is 9.46. The van der Waals surface area contributed by atoms with Gasteiger partial charge in [-0.3, -0.25) is 4.90 Å². The van der Waals surface area contributed by atoms with Gasteiger partial charge >= 0.3 is 0 Å². The number of hydrogen-bond acceptors (Lipinski definition) is 2. The molecule has 1 fully saturated rings. The molecule has 0 saturated carbocycles. The molecule has 0 unspecified atom stereocenters. The van der Waals surface area contributed by atoms with E-state index in [0.29, 0.717) is 6.04 Å². The summed E-state index contributed by atoms with van der Waals surface area (Å²) in [6.45, 7) is 6.53. The quantitative estimate of drug-likeness (QED) is 0.697. The summed E-state index contributed by atoms with van der Waals surface area (Å²) in [4.78, 5) is 2.41. The van der Waals surface area contributed by atoms with Crippen LogP contribution < -0.4 is 0 Å². The van der Waals surface area contributed by atoms with Gasteiger partial charge in [-0.25, -0.2) is 0 Å².